The molecule has 1 amide bonds. The average Bonchev–Trinajstić information content (AvgIpc) is 2.48. The molecule has 0 atom stereocenters. The lowest BCUT2D eigenvalue weighted by Crippen LogP contribution is -2.19. The third-order valence-electron chi connectivity index (χ3n) is 2.40. The lowest BCUT2D eigenvalue weighted by atomic mass is 10.2. The smallest absolute Gasteiger partial charge is 0.267 e. The van der Waals surface area contributed by atoms with Crippen LogP contribution in [-0.2, 0) is 0 Å². The van der Waals surface area contributed by atoms with Crippen LogP contribution in [0.1, 0.15) is 16.1 Å². The molecule has 1 N–H and O–H groups in total. The van der Waals surface area contributed by atoms with Gasteiger partial charge in [-0.2, -0.15) is 5.10 Å². The lowest BCUT2D eigenvalue weighted by Gasteiger charge is -2.00. The summed E-state index contributed by atoms with van der Waals surface area (Å²) in [6, 6.07) is 10.9. The Hall–Kier alpha value is -3.09. The highest BCUT2D eigenvalue weighted by molar-refractivity contribution is 5.98. The van der Waals surface area contributed by atoms with Gasteiger partial charge in [0.1, 0.15) is 5.56 Å². The second-order valence-electron chi connectivity index (χ2n) is 3.73. The van der Waals surface area contributed by atoms with Gasteiger partial charge in [0.2, 0.25) is 0 Å². The molecule has 0 spiro atoms. The molecule has 2 aromatic rings. The van der Waals surface area contributed by atoms with E-state index in [4.69, 9.17) is 0 Å². The number of carbonyl (C=O) groups is 1. The van der Waals surface area contributed by atoms with E-state index in [9.17, 15) is 14.9 Å². The number of nitro groups is 1. The van der Waals surface area contributed by atoms with E-state index >= 15 is 0 Å². The highest BCUT2D eigenvalue weighted by Gasteiger charge is 2.18. The van der Waals surface area contributed by atoms with Crippen LogP contribution in [0.3, 0.4) is 0 Å². The SMILES string of the molecule is O=C(NN=Cc1ccccn1)c1ccccc1[N+](=O)[O-]. The number of benzene rings is 1. The molecule has 0 bridgehead atoms. The van der Waals surface area contributed by atoms with Crippen molar-refractivity contribution in [2.24, 2.45) is 5.10 Å². The quantitative estimate of drug-likeness (QED) is 0.520. The van der Waals surface area contributed by atoms with Gasteiger partial charge in [0.25, 0.3) is 11.6 Å². The van der Waals surface area contributed by atoms with Crippen LogP contribution in [0.25, 0.3) is 0 Å². The summed E-state index contributed by atoms with van der Waals surface area (Å²) in [7, 11) is 0. The largest absolute Gasteiger partial charge is 0.282 e. The van der Waals surface area contributed by atoms with Crippen LogP contribution in [0.15, 0.2) is 53.8 Å². The van der Waals surface area contributed by atoms with Crippen molar-refractivity contribution in [3.8, 4) is 0 Å². The fourth-order valence-electron chi connectivity index (χ4n) is 1.49. The fraction of sp³-hybridized carbons (Fsp3) is 0. The van der Waals surface area contributed by atoms with Gasteiger partial charge in [0, 0.05) is 12.3 Å². The zero-order chi connectivity index (χ0) is 14.4. The number of nitro benzene ring substituents is 1. The number of rotatable bonds is 4. The summed E-state index contributed by atoms with van der Waals surface area (Å²) in [4.78, 5) is 26.0. The van der Waals surface area contributed by atoms with Crippen molar-refractivity contribution >= 4 is 17.8 Å². The van der Waals surface area contributed by atoms with Crippen molar-refractivity contribution in [3.63, 3.8) is 0 Å². The summed E-state index contributed by atoms with van der Waals surface area (Å²) < 4.78 is 0. The highest BCUT2D eigenvalue weighted by Crippen LogP contribution is 2.17. The van der Waals surface area contributed by atoms with Gasteiger partial charge in [-0.15, -0.1) is 0 Å². The van der Waals surface area contributed by atoms with Crippen LogP contribution in [-0.4, -0.2) is 22.0 Å². The van der Waals surface area contributed by atoms with Crippen molar-refractivity contribution in [3.05, 3.63) is 70.0 Å². The molecular formula is C13H10N4O3. The van der Waals surface area contributed by atoms with Crippen molar-refractivity contribution in [1.82, 2.24) is 10.4 Å². The first-order valence-corrected chi connectivity index (χ1v) is 5.66. The number of nitrogens with one attached hydrogen (secondary N) is 1. The lowest BCUT2D eigenvalue weighted by molar-refractivity contribution is -0.385. The molecule has 0 aliphatic rings. The molecule has 2 rings (SSSR count). The van der Waals surface area contributed by atoms with Crippen LogP contribution < -0.4 is 5.43 Å². The molecule has 0 unspecified atom stereocenters. The van der Waals surface area contributed by atoms with Gasteiger partial charge in [0.05, 0.1) is 16.8 Å². The van der Waals surface area contributed by atoms with E-state index in [0.29, 0.717) is 5.69 Å². The van der Waals surface area contributed by atoms with Crippen molar-refractivity contribution in [2.45, 2.75) is 0 Å². The first kappa shape index (κ1) is 13.3. The second-order valence-corrected chi connectivity index (χ2v) is 3.73. The molecule has 0 radical (unpaired) electrons. The maximum atomic E-state index is 11.8. The van der Waals surface area contributed by atoms with Crippen molar-refractivity contribution in [2.75, 3.05) is 0 Å². The maximum absolute atomic E-state index is 11.8. The number of amides is 1. The number of hydrazone groups is 1. The van der Waals surface area contributed by atoms with Gasteiger partial charge >= 0.3 is 0 Å². The summed E-state index contributed by atoms with van der Waals surface area (Å²) in [5.41, 5.74) is 2.48. The van der Waals surface area contributed by atoms with E-state index in [0.717, 1.165) is 0 Å². The predicted molar refractivity (Wildman–Crippen MR) is 72.4 cm³/mol. The third kappa shape index (κ3) is 3.22. The first-order chi connectivity index (χ1) is 9.68. The van der Waals surface area contributed by atoms with Gasteiger partial charge in [0.15, 0.2) is 0 Å². The molecule has 1 heterocycles. The van der Waals surface area contributed by atoms with Gasteiger partial charge in [-0.3, -0.25) is 19.9 Å². The van der Waals surface area contributed by atoms with Crippen LogP contribution >= 0.6 is 0 Å². The molecule has 7 nitrogen and oxygen atoms in total. The minimum Gasteiger partial charge on any atom is -0.267 e. The Labute approximate surface area is 114 Å². The number of hydrogen-bond acceptors (Lipinski definition) is 5. The van der Waals surface area contributed by atoms with E-state index in [1.165, 1.54) is 24.4 Å². The Balaban J connectivity index is 2.10. The first-order valence-electron chi connectivity index (χ1n) is 5.66. The van der Waals surface area contributed by atoms with E-state index in [1.54, 1.807) is 30.5 Å². The second kappa shape index (κ2) is 6.19. The minimum atomic E-state index is -0.649. The Morgan fingerprint density at radius 2 is 2.00 bits per heavy atom. The molecule has 1 aromatic carbocycles. The molecule has 0 aliphatic carbocycles. The van der Waals surface area contributed by atoms with Crippen LogP contribution in [0.4, 0.5) is 5.69 Å². The number of pyridine rings is 1. The van der Waals surface area contributed by atoms with Crippen LogP contribution in [0.5, 0.6) is 0 Å². The summed E-state index contributed by atoms with van der Waals surface area (Å²) in [6.45, 7) is 0. The molecule has 1 aromatic heterocycles. The molecule has 7 heteroatoms. The molecule has 0 saturated carbocycles. The van der Waals surface area contributed by atoms with Gasteiger partial charge < -0.3 is 0 Å². The monoisotopic (exact) mass is 270 g/mol. The number of carbonyl (C=O) groups excluding carboxylic acids is 1. The van der Waals surface area contributed by atoms with Crippen LogP contribution in [0, 0.1) is 10.1 Å². The molecule has 0 saturated heterocycles. The predicted octanol–water partition coefficient (Wildman–Crippen LogP) is 1.75. The Kier molecular flexibility index (Phi) is 4.13. The maximum Gasteiger partial charge on any atom is 0.282 e. The number of aromatic nitrogens is 1. The molecule has 0 aliphatic heterocycles. The summed E-state index contributed by atoms with van der Waals surface area (Å²) in [5, 5.41) is 14.5. The number of para-hydroxylation sites is 1. The van der Waals surface area contributed by atoms with Gasteiger partial charge in [-0.1, -0.05) is 18.2 Å². The average molecular weight is 270 g/mol. The normalized spacial score (nSPS) is 10.4. The topological polar surface area (TPSA) is 97.5 Å². The van der Waals surface area contributed by atoms with E-state index in [-0.39, 0.29) is 11.3 Å². The van der Waals surface area contributed by atoms with E-state index < -0.39 is 10.8 Å². The van der Waals surface area contributed by atoms with E-state index in [1.807, 2.05) is 0 Å². The standard InChI is InChI=1S/C13H10N4O3/c18-13(11-6-1-2-7-12(11)17(19)20)16-15-9-10-5-3-4-8-14-10/h1-9H,(H,16,18). The van der Waals surface area contributed by atoms with Gasteiger partial charge in [-0.05, 0) is 18.2 Å². The molecule has 20 heavy (non-hydrogen) atoms. The van der Waals surface area contributed by atoms with Crippen molar-refractivity contribution < 1.29 is 9.72 Å². The Morgan fingerprint density at radius 1 is 1.25 bits per heavy atom. The van der Waals surface area contributed by atoms with Crippen LogP contribution in [0.2, 0.25) is 0 Å². The van der Waals surface area contributed by atoms with E-state index in [2.05, 4.69) is 15.5 Å². The van der Waals surface area contributed by atoms with Gasteiger partial charge in [-0.25, -0.2) is 5.43 Å². The molecule has 100 valence electrons. The number of hydrogen-bond donors (Lipinski definition) is 1. The zero-order valence-electron chi connectivity index (χ0n) is 10.3. The fourth-order valence-corrected chi connectivity index (χ4v) is 1.49. The summed E-state index contributed by atoms with van der Waals surface area (Å²) in [5.74, 6) is -0.649. The third-order valence-corrected chi connectivity index (χ3v) is 2.40. The summed E-state index contributed by atoms with van der Waals surface area (Å²) in [6.07, 6.45) is 2.94. The van der Waals surface area contributed by atoms with Crippen molar-refractivity contribution in [1.29, 1.82) is 0 Å². The minimum absolute atomic E-state index is 0.0457. The summed E-state index contributed by atoms with van der Waals surface area (Å²) >= 11 is 0. The Bertz CT molecular complexity index is 656. The Morgan fingerprint density at radius 3 is 2.70 bits per heavy atom. The number of nitrogens with zero attached hydrogens (tertiary/aromatic N) is 3. The molecule has 0 fully saturated rings. The zero-order valence-corrected chi connectivity index (χ0v) is 10.3. The molecular weight excluding hydrogens is 260 g/mol. The highest BCUT2D eigenvalue weighted by atomic mass is 16.6.